The van der Waals surface area contributed by atoms with Crippen LogP contribution < -0.4 is 5.32 Å². The smallest absolute Gasteiger partial charge is 0.374 e. The SMILES string of the molecule is CCO[Si](CCCNCc1ccc2nc3ccccc3cc2c1)(OCC)OCC. The van der Waals surface area contributed by atoms with Gasteiger partial charge in [-0.2, -0.15) is 0 Å². The second kappa shape index (κ2) is 10.8. The maximum Gasteiger partial charge on any atom is 0.500 e. The van der Waals surface area contributed by atoms with Gasteiger partial charge in [-0.1, -0.05) is 24.3 Å². The molecular weight excluding hydrogens is 380 g/mol. The van der Waals surface area contributed by atoms with Crippen molar-refractivity contribution in [2.45, 2.75) is 39.8 Å². The van der Waals surface area contributed by atoms with E-state index in [0.717, 1.165) is 36.6 Å². The summed E-state index contributed by atoms with van der Waals surface area (Å²) < 4.78 is 17.8. The van der Waals surface area contributed by atoms with Crippen LogP contribution in [0.25, 0.3) is 21.8 Å². The largest absolute Gasteiger partial charge is 0.500 e. The van der Waals surface area contributed by atoms with E-state index in [1.807, 2.05) is 26.8 Å². The summed E-state index contributed by atoms with van der Waals surface area (Å²) in [5, 5.41) is 5.89. The van der Waals surface area contributed by atoms with Gasteiger partial charge >= 0.3 is 8.80 Å². The lowest BCUT2D eigenvalue weighted by Crippen LogP contribution is -2.46. The Hall–Kier alpha value is -1.83. The number of pyridine rings is 1. The Morgan fingerprint density at radius 3 is 2.24 bits per heavy atom. The van der Waals surface area contributed by atoms with Crippen molar-refractivity contribution in [3.8, 4) is 0 Å². The van der Waals surface area contributed by atoms with Crippen molar-refractivity contribution < 1.29 is 13.3 Å². The van der Waals surface area contributed by atoms with E-state index in [1.165, 1.54) is 16.3 Å². The average Bonchev–Trinajstić information content (AvgIpc) is 2.72. The number of aromatic nitrogens is 1. The molecule has 156 valence electrons. The highest BCUT2D eigenvalue weighted by Gasteiger charge is 2.39. The molecule has 6 heteroatoms. The quantitative estimate of drug-likeness (QED) is 0.260. The Morgan fingerprint density at radius 1 is 0.828 bits per heavy atom. The molecule has 5 nitrogen and oxygen atoms in total. The molecule has 0 fully saturated rings. The van der Waals surface area contributed by atoms with Gasteiger partial charge in [-0.3, -0.25) is 0 Å². The van der Waals surface area contributed by atoms with E-state index in [4.69, 9.17) is 18.3 Å². The molecule has 0 bridgehead atoms. The van der Waals surface area contributed by atoms with Gasteiger partial charge in [0.25, 0.3) is 0 Å². The van der Waals surface area contributed by atoms with Crippen LogP contribution in [0, 0.1) is 0 Å². The molecule has 0 spiro atoms. The molecule has 0 atom stereocenters. The van der Waals surface area contributed by atoms with E-state index in [-0.39, 0.29) is 0 Å². The lowest BCUT2D eigenvalue weighted by molar-refractivity contribution is 0.0708. The molecule has 0 aliphatic carbocycles. The minimum atomic E-state index is -2.54. The summed E-state index contributed by atoms with van der Waals surface area (Å²) in [6.45, 7) is 9.59. The molecule has 0 radical (unpaired) electrons. The van der Waals surface area contributed by atoms with Crippen LogP contribution >= 0.6 is 0 Å². The third-order valence-corrected chi connectivity index (χ3v) is 7.99. The Balaban J connectivity index is 1.55. The standard InChI is InChI=1S/C23H32N2O3Si/c1-4-26-29(27-5-2,28-6-3)15-9-14-24-18-19-12-13-23-21(16-19)17-20-10-7-8-11-22(20)25-23/h7-8,10-13,16-17,24H,4-6,9,14-15,18H2,1-3H3. The van der Waals surface area contributed by atoms with Gasteiger partial charge in [-0.05, 0) is 63.6 Å². The van der Waals surface area contributed by atoms with E-state index < -0.39 is 8.80 Å². The first-order valence-electron chi connectivity index (χ1n) is 10.6. The number of hydrogen-bond donors (Lipinski definition) is 1. The number of rotatable bonds is 12. The van der Waals surface area contributed by atoms with Crippen LogP contribution in [0.3, 0.4) is 0 Å². The highest BCUT2D eigenvalue weighted by atomic mass is 28.4. The van der Waals surface area contributed by atoms with Crippen molar-refractivity contribution in [1.29, 1.82) is 0 Å². The Labute approximate surface area is 174 Å². The third kappa shape index (κ3) is 5.84. The molecule has 2 aromatic carbocycles. The third-order valence-electron chi connectivity index (χ3n) is 4.84. The van der Waals surface area contributed by atoms with Crippen molar-refractivity contribution in [2.24, 2.45) is 0 Å². The molecule has 29 heavy (non-hydrogen) atoms. The number of benzene rings is 2. The summed E-state index contributed by atoms with van der Waals surface area (Å²) in [7, 11) is -2.54. The van der Waals surface area contributed by atoms with E-state index >= 15 is 0 Å². The molecule has 0 amide bonds. The number of nitrogens with one attached hydrogen (secondary N) is 1. The zero-order valence-electron chi connectivity index (χ0n) is 17.7. The molecule has 3 aromatic rings. The van der Waals surface area contributed by atoms with Gasteiger partial charge in [0.15, 0.2) is 0 Å². The maximum absolute atomic E-state index is 5.92. The summed E-state index contributed by atoms with van der Waals surface area (Å²) in [6, 6.07) is 17.8. The molecule has 0 saturated heterocycles. The van der Waals surface area contributed by atoms with Gasteiger partial charge in [0, 0.05) is 43.2 Å². The van der Waals surface area contributed by atoms with Crippen molar-refractivity contribution in [1.82, 2.24) is 10.3 Å². The fourth-order valence-corrected chi connectivity index (χ4v) is 6.22. The summed E-state index contributed by atoms with van der Waals surface area (Å²) in [5.41, 5.74) is 3.34. The summed E-state index contributed by atoms with van der Waals surface area (Å²) in [4.78, 5) is 4.75. The second-order valence-electron chi connectivity index (χ2n) is 6.97. The van der Waals surface area contributed by atoms with Crippen molar-refractivity contribution >= 4 is 30.6 Å². The summed E-state index contributed by atoms with van der Waals surface area (Å²) >= 11 is 0. The monoisotopic (exact) mass is 412 g/mol. The highest BCUT2D eigenvalue weighted by molar-refractivity contribution is 6.60. The number of hydrogen-bond acceptors (Lipinski definition) is 5. The average molecular weight is 413 g/mol. The van der Waals surface area contributed by atoms with E-state index in [1.54, 1.807) is 0 Å². The highest BCUT2D eigenvalue weighted by Crippen LogP contribution is 2.21. The molecule has 1 heterocycles. The summed E-state index contributed by atoms with van der Waals surface area (Å²) in [6.07, 6.45) is 0.964. The van der Waals surface area contributed by atoms with E-state index in [9.17, 15) is 0 Å². The molecule has 3 rings (SSSR count). The van der Waals surface area contributed by atoms with Gasteiger partial charge in [0.1, 0.15) is 0 Å². The molecule has 0 unspecified atom stereocenters. The topological polar surface area (TPSA) is 52.6 Å². The lowest BCUT2D eigenvalue weighted by Gasteiger charge is -2.28. The Kier molecular flexibility index (Phi) is 8.15. The zero-order chi connectivity index (χ0) is 20.5. The van der Waals surface area contributed by atoms with Crippen LogP contribution in [0.4, 0.5) is 0 Å². The first kappa shape index (κ1) is 21.9. The number of para-hydroxylation sites is 1. The Morgan fingerprint density at radius 2 is 1.52 bits per heavy atom. The van der Waals surface area contributed by atoms with Crippen LogP contribution in [-0.2, 0) is 19.8 Å². The molecular formula is C23H32N2O3Si. The molecule has 0 aliphatic rings. The van der Waals surface area contributed by atoms with Crippen LogP contribution in [0.1, 0.15) is 32.8 Å². The normalized spacial score (nSPS) is 12.1. The first-order valence-corrected chi connectivity index (χ1v) is 12.5. The van der Waals surface area contributed by atoms with Crippen molar-refractivity contribution in [2.75, 3.05) is 26.4 Å². The van der Waals surface area contributed by atoms with Crippen LogP contribution in [0.2, 0.25) is 6.04 Å². The zero-order valence-corrected chi connectivity index (χ0v) is 18.7. The molecule has 1 aromatic heterocycles. The van der Waals surface area contributed by atoms with Crippen LogP contribution in [0.5, 0.6) is 0 Å². The first-order chi connectivity index (χ1) is 14.2. The fourth-order valence-electron chi connectivity index (χ4n) is 3.60. The maximum atomic E-state index is 5.92. The Bertz CT molecular complexity index is 902. The van der Waals surface area contributed by atoms with Gasteiger partial charge in [-0.15, -0.1) is 0 Å². The summed E-state index contributed by atoms with van der Waals surface area (Å²) in [5.74, 6) is 0. The van der Waals surface area contributed by atoms with Gasteiger partial charge < -0.3 is 18.6 Å². The minimum absolute atomic E-state index is 0.624. The van der Waals surface area contributed by atoms with Crippen LogP contribution in [0.15, 0.2) is 48.5 Å². The molecule has 0 aliphatic heterocycles. The predicted molar refractivity (Wildman–Crippen MR) is 121 cm³/mol. The fraction of sp³-hybridized carbons (Fsp3) is 0.435. The van der Waals surface area contributed by atoms with Crippen molar-refractivity contribution in [3.05, 3.63) is 54.1 Å². The predicted octanol–water partition coefficient (Wildman–Crippen LogP) is 4.92. The van der Waals surface area contributed by atoms with Crippen LogP contribution in [-0.4, -0.2) is 40.2 Å². The number of fused-ring (bicyclic) bond motifs is 2. The van der Waals surface area contributed by atoms with Crippen molar-refractivity contribution in [3.63, 3.8) is 0 Å². The van der Waals surface area contributed by atoms with Gasteiger partial charge in [0.05, 0.1) is 11.0 Å². The molecule has 1 N–H and O–H groups in total. The van der Waals surface area contributed by atoms with Gasteiger partial charge in [0.2, 0.25) is 0 Å². The lowest BCUT2D eigenvalue weighted by atomic mass is 10.1. The molecule has 0 saturated carbocycles. The second-order valence-corrected chi connectivity index (χ2v) is 9.70. The van der Waals surface area contributed by atoms with Gasteiger partial charge in [-0.25, -0.2) is 4.98 Å². The van der Waals surface area contributed by atoms with E-state index in [2.05, 4.69) is 47.8 Å². The number of nitrogens with zero attached hydrogens (tertiary/aromatic N) is 1. The minimum Gasteiger partial charge on any atom is -0.374 e. The van der Waals surface area contributed by atoms with E-state index in [0.29, 0.717) is 19.8 Å².